The van der Waals surface area contributed by atoms with Crippen LogP contribution in [0.2, 0.25) is 0 Å². The Labute approximate surface area is 416 Å². The highest BCUT2D eigenvalue weighted by Crippen LogP contribution is 2.45. The number of unbranched alkanes of at least 4 members (excludes halogenated alkanes) is 25. The fraction of sp³-hybridized carbons (Fsp3) is 0.920. The smallest absolute Gasteiger partial charge is 0.462 e. The van der Waals surface area contributed by atoms with Crippen molar-refractivity contribution in [1.29, 1.82) is 0 Å². The summed E-state index contributed by atoms with van der Waals surface area (Å²) in [7, 11) is -9.83. The van der Waals surface area contributed by atoms with Crippen molar-refractivity contribution in [3.05, 3.63) is 0 Å². The number of aliphatic hydroxyl groups excluding tert-OH is 1. The number of hydrogen-bond acceptors (Lipinski definition) is 15. The third-order valence-corrected chi connectivity index (χ3v) is 13.3. The second kappa shape index (κ2) is 45.9. The van der Waals surface area contributed by atoms with Crippen molar-refractivity contribution in [1.82, 2.24) is 0 Å². The highest BCUT2D eigenvalue weighted by Gasteiger charge is 2.30. The quantitative estimate of drug-likeness (QED) is 0.0222. The molecule has 0 saturated heterocycles. The van der Waals surface area contributed by atoms with Crippen LogP contribution in [0.25, 0.3) is 0 Å². The first-order chi connectivity index (χ1) is 33.2. The lowest BCUT2D eigenvalue weighted by molar-refractivity contribution is -0.161. The minimum Gasteiger partial charge on any atom is -0.462 e. The first-order valence-electron chi connectivity index (χ1n) is 26.8. The Morgan fingerprint density at radius 3 is 0.899 bits per heavy atom. The first-order valence-corrected chi connectivity index (χ1v) is 29.8. The second-order valence-electron chi connectivity index (χ2n) is 18.2. The molecular weight excluding hydrogens is 934 g/mol. The number of carbonyl (C=O) groups excluding carboxylic acids is 4. The lowest BCUT2D eigenvalue weighted by Crippen LogP contribution is -2.30. The summed E-state index contributed by atoms with van der Waals surface area (Å²) in [6.45, 7) is 4.47. The number of phosphoric ester groups is 2. The molecule has 0 aliphatic rings. The summed E-state index contributed by atoms with van der Waals surface area (Å²) in [5.41, 5.74) is 0. The van der Waals surface area contributed by atoms with E-state index in [1.807, 2.05) is 6.92 Å². The van der Waals surface area contributed by atoms with Crippen molar-refractivity contribution >= 4 is 39.5 Å². The van der Waals surface area contributed by atoms with E-state index in [0.29, 0.717) is 25.7 Å². The van der Waals surface area contributed by atoms with Gasteiger partial charge in [-0.15, -0.1) is 0 Å². The van der Waals surface area contributed by atoms with E-state index in [9.17, 15) is 43.2 Å². The fourth-order valence-corrected chi connectivity index (χ4v) is 8.72. The Kier molecular flexibility index (Phi) is 44.6. The maximum Gasteiger partial charge on any atom is 0.472 e. The molecule has 0 bridgehead atoms. The Morgan fingerprint density at radius 1 is 0.348 bits per heavy atom. The number of ether oxygens (including phenoxy) is 4. The number of hydrogen-bond donors (Lipinski definition) is 3. The van der Waals surface area contributed by atoms with Crippen LogP contribution in [0.15, 0.2) is 0 Å². The van der Waals surface area contributed by atoms with Crippen LogP contribution in [0.3, 0.4) is 0 Å². The zero-order valence-corrected chi connectivity index (χ0v) is 45.0. The zero-order chi connectivity index (χ0) is 51.3. The lowest BCUT2D eigenvalue weighted by Gasteiger charge is -2.21. The normalized spacial score (nSPS) is 14.6. The van der Waals surface area contributed by atoms with Crippen molar-refractivity contribution in [2.45, 2.75) is 258 Å². The molecule has 0 fully saturated rings. The predicted octanol–water partition coefficient (Wildman–Crippen LogP) is 12.5. The van der Waals surface area contributed by atoms with Crippen LogP contribution in [0, 0.1) is 0 Å². The summed E-state index contributed by atoms with van der Waals surface area (Å²) in [5.74, 6) is -2.19. The molecule has 0 aromatic carbocycles. The van der Waals surface area contributed by atoms with E-state index in [2.05, 4.69) is 20.8 Å². The summed E-state index contributed by atoms with van der Waals surface area (Å²) in [6, 6.07) is 0. The largest absolute Gasteiger partial charge is 0.472 e. The molecule has 0 radical (unpaired) electrons. The van der Waals surface area contributed by atoms with Crippen molar-refractivity contribution in [3.8, 4) is 0 Å². The van der Waals surface area contributed by atoms with Crippen LogP contribution >= 0.6 is 15.6 Å². The molecule has 0 rings (SSSR count). The molecule has 0 aliphatic carbocycles. The van der Waals surface area contributed by atoms with Gasteiger partial charge in [0.25, 0.3) is 0 Å². The molecule has 3 N–H and O–H groups in total. The van der Waals surface area contributed by atoms with Gasteiger partial charge in [0.1, 0.15) is 19.3 Å². The highest BCUT2D eigenvalue weighted by atomic mass is 31.2. The Hall–Kier alpha value is -1.94. The van der Waals surface area contributed by atoms with E-state index in [0.717, 1.165) is 83.5 Å². The topological polar surface area (TPSA) is 237 Å². The molecule has 0 amide bonds. The molecule has 0 aromatic rings. The molecule has 2 unspecified atom stereocenters. The van der Waals surface area contributed by atoms with Crippen LogP contribution in [0.5, 0.6) is 0 Å². The Morgan fingerprint density at radius 2 is 0.594 bits per heavy atom. The van der Waals surface area contributed by atoms with Crippen LogP contribution in [-0.2, 0) is 65.4 Å². The van der Waals surface area contributed by atoms with Gasteiger partial charge in [-0.2, -0.15) is 0 Å². The van der Waals surface area contributed by atoms with Crippen LogP contribution in [0.4, 0.5) is 0 Å². The highest BCUT2D eigenvalue weighted by molar-refractivity contribution is 7.47. The third kappa shape index (κ3) is 45.7. The van der Waals surface area contributed by atoms with Gasteiger partial charge in [-0.1, -0.05) is 188 Å². The minimum atomic E-state index is -4.92. The van der Waals surface area contributed by atoms with Gasteiger partial charge in [0.15, 0.2) is 12.2 Å². The molecule has 0 saturated carbocycles. The summed E-state index contributed by atoms with van der Waals surface area (Å²) in [5, 5.41) is 10.4. The molecule has 0 aromatic heterocycles. The van der Waals surface area contributed by atoms with Crippen LogP contribution < -0.4 is 0 Å². The molecule has 0 aliphatic heterocycles. The predicted molar refractivity (Wildman–Crippen MR) is 266 cm³/mol. The Balaban J connectivity index is 5.10. The van der Waals surface area contributed by atoms with Crippen molar-refractivity contribution in [2.75, 3.05) is 39.6 Å². The standard InChI is InChI=1S/C50H96O17P2/c1-5-9-13-16-19-22-24-26-28-31-35-48(53)61-41-46(67-50(55)37-33-30-27-23-20-17-14-10-6-2)43-65-69(58,59)63-39-44(51)38-62-68(56,57)64-42-45(40-60-47(52)34-12-8-4)66-49(54)36-32-29-25-21-18-15-11-7-3/h44-46,51H,5-43H2,1-4H3,(H,56,57)(H,58,59)/t44-,45+,46+/m0/s1. The van der Waals surface area contributed by atoms with Gasteiger partial charge in [0.2, 0.25) is 0 Å². The molecule has 0 spiro atoms. The van der Waals surface area contributed by atoms with E-state index in [4.69, 9.17) is 37.0 Å². The average molecular weight is 1030 g/mol. The second-order valence-corrected chi connectivity index (χ2v) is 21.1. The fourth-order valence-electron chi connectivity index (χ4n) is 7.14. The molecule has 69 heavy (non-hydrogen) atoms. The monoisotopic (exact) mass is 1030 g/mol. The molecular formula is C50H96O17P2. The summed E-state index contributed by atoms with van der Waals surface area (Å²) < 4.78 is 66.8. The third-order valence-electron chi connectivity index (χ3n) is 11.4. The molecule has 17 nitrogen and oxygen atoms in total. The molecule has 19 heteroatoms. The summed E-state index contributed by atoms with van der Waals surface area (Å²) in [6.07, 6.45) is 26.4. The SMILES string of the molecule is CCCCCCCCCCCCC(=O)OC[C@H](COP(=O)(O)OC[C@@H](O)COP(=O)(O)OC[C@@H](COC(=O)CCCC)OC(=O)CCCCCCCCCC)OC(=O)CCCCCCCCCCC. The van der Waals surface area contributed by atoms with E-state index in [1.165, 1.54) is 77.0 Å². The minimum absolute atomic E-state index is 0.102. The molecule has 5 atom stereocenters. The van der Waals surface area contributed by atoms with E-state index >= 15 is 0 Å². The van der Waals surface area contributed by atoms with E-state index < -0.39 is 97.5 Å². The number of phosphoric acid groups is 2. The van der Waals surface area contributed by atoms with Gasteiger partial charge < -0.3 is 33.8 Å². The Bertz CT molecular complexity index is 1370. The molecule has 408 valence electrons. The number of carbonyl (C=O) groups is 4. The van der Waals surface area contributed by atoms with Gasteiger partial charge in [0.05, 0.1) is 26.4 Å². The van der Waals surface area contributed by atoms with Gasteiger partial charge in [-0.05, 0) is 25.7 Å². The number of esters is 4. The average Bonchev–Trinajstić information content (AvgIpc) is 3.32. The summed E-state index contributed by atoms with van der Waals surface area (Å²) in [4.78, 5) is 70.7. The van der Waals surface area contributed by atoms with Gasteiger partial charge in [0, 0.05) is 25.7 Å². The van der Waals surface area contributed by atoms with Crippen LogP contribution in [0.1, 0.15) is 240 Å². The van der Waals surface area contributed by atoms with Crippen molar-refractivity contribution < 1.29 is 80.2 Å². The summed E-state index contributed by atoms with van der Waals surface area (Å²) >= 11 is 0. The van der Waals surface area contributed by atoms with Crippen molar-refractivity contribution in [2.24, 2.45) is 0 Å². The van der Waals surface area contributed by atoms with E-state index in [-0.39, 0.29) is 25.7 Å². The number of rotatable bonds is 51. The van der Waals surface area contributed by atoms with Gasteiger partial charge >= 0.3 is 39.5 Å². The van der Waals surface area contributed by atoms with E-state index in [1.54, 1.807) is 0 Å². The lowest BCUT2D eigenvalue weighted by atomic mass is 10.1. The zero-order valence-electron chi connectivity index (χ0n) is 43.3. The maximum atomic E-state index is 12.8. The first kappa shape index (κ1) is 67.1. The number of aliphatic hydroxyl groups is 1. The van der Waals surface area contributed by atoms with Crippen molar-refractivity contribution in [3.63, 3.8) is 0 Å². The molecule has 0 heterocycles. The maximum absolute atomic E-state index is 12.8. The van der Waals surface area contributed by atoms with Gasteiger partial charge in [-0.25, -0.2) is 9.13 Å². The van der Waals surface area contributed by atoms with Crippen LogP contribution in [-0.4, -0.2) is 96.7 Å². The van der Waals surface area contributed by atoms with Gasteiger partial charge in [-0.3, -0.25) is 37.3 Å².